The number of hydrogen-bond donors (Lipinski definition) is 3. The molecule has 0 aliphatic heterocycles. The molecule has 1 amide bonds. The Morgan fingerprint density at radius 3 is 2.45 bits per heavy atom. The van der Waals surface area contributed by atoms with E-state index in [1.807, 2.05) is 38.1 Å². The van der Waals surface area contributed by atoms with E-state index in [1.54, 1.807) is 18.2 Å². The standard InChI is InChI=1S/C22H29FN4O.HI/c1-3-12-25-21(28)19-9-5-8-18(14-19)16-27-22(24-4-2)26-13-11-17-7-6-10-20(23)15-17;/h5-10,14-15H,3-4,11-13,16H2,1-2H3,(H,25,28)(H2,24,26,27);1H. The molecule has 0 saturated carbocycles. The minimum Gasteiger partial charge on any atom is -0.357 e. The molecular formula is C22H30FIN4O. The van der Waals surface area contributed by atoms with E-state index in [4.69, 9.17) is 0 Å². The zero-order valence-corrected chi connectivity index (χ0v) is 19.3. The first kappa shape index (κ1) is 24.9. The molecule has 0 aromatic heterocycles. The number of nitrogens with one attached hydrogen (secondary N) is 3. The molecule has 0 unspecified atom stereocenters. The lowest BCUT2D eigenvalue weighted by atomic mass is 10.1. The van der Waals surface area contributed by atoms with Crippen LogP contribution in [-0.4, -0.2) is 31.5 Å². The molecule has 5 nitrogen and oxygen atoms in total. The van der Waals surface area contributed by atoms with Crippen LogP contribution in [0.3, 0.4) is 0 Å². The fourth-order valence-electron chi connectivity index (χ4n) is 2.68. The number of hydrogen-bond acceptors (Lipinski definition) is 2. The first-order valence-electron chi connectivity index (χ1n) is 9.76. The van der Waals surface area contributed by atoms with Crippen LogP contribution in [0.1, 0.15) is 41.8 Å². The van der Waals surface area contributed by atoms with Crippen molar-refractivity contribution in [2.75, 3.05) is 19.6 Å². The van der Waals surface area contributed by atoms with E-state index in [0.29, 0.717) is 37.6 Å². The maximum absolute atomic E-state index is 13.3. The van der Waals surface area contributed by atoms with Crippen molar-refractivity contribution in [3.63, 3.8) is 0 Å². The fraction of sp³-hybridized carbons (Fsp3) is 0.364. The molecule has 2 aromatic rings. The van der Waals surface area contributed by atoms with Crippen molar-refractivity contribution >= 4 is 35.8 Å². The van der Waals surface area contributed by atoms with Gasteiger partial charge in [-0.05, 0) is 55.2 Å². The predicted molar refractivity (Wildman–Crippen MR) is 127 cm³/mol. The maximum Gasteiger partial charge on any atom is 0.251 e. The molecule has 0 radical (unpaired) electrons. The number of guanidine groups is 1. The van der Waals surface area contributed by atoms with Crippen LogP contribution in [0.2, 0.25) is 0 Å². The summed E-state index contributed by atoms with van der Waals surface area (Å²) >= 11 is 0. The second-order valence-electron chi connectivity index (χ2n) is 6.46. The van der Waals surface area contributed by atoms with Crippen molar-refractivity contribution in [1.29, 1.82) is 0 Å². The summed E-state index contributed by atoms with van der Waals surface area (Å²) in [4.78, 5) is 16.7. The van der Waals surface area contributed by atoms with Crippen LogP contribution in [0.4, 0.5) is 4.39 Å². The number of nitrogens with zero attached hydrogens (tertiary/aromatic N) is 1. The number of carbonyl (C=O) groups is 1. The third-order valence-electron chi connectivity index (χ3n) is 4.08. The van der Waals surface area contributed by atoms with Gasteiger partial charge in [-0.2, -0.15) is 0 Å². The van der Waals surface area contributed by atoms with Crippen LogP contribution in [0, 0.1) is 5.82 Å². The topological polar surface area (TPSA) is 65.5 Å². The number of carbonyl (C=O) groups excluding carboxylic acids is 1. The molecule has 158 valence electrons. The van der Waals surface area contributed by atoms with Crippen LogP contribution in [0.5, 0.6) is 0 Å². The lowest BCUT2D eigenvalue weighted by Crippen LogP contribution is -2.38. The normalized spacial score (nSPS) is 10.8. The number of rotatable bonds is 9. The van der Waals surface area contributed by atoms with Crippen LogP contribution >= 0.6 is 24.0 Å². The van der Waals surface area contributed by atoms with Crippen molar-refractivity contribution in [2.45, 2.75) is 33.2 Å². The van der Waals surface area contributed by atoms with E-state index in [2.05, 4.69) is 20.9 Å². The highest BCUT2D eigenvalue weighted by Crippen LogP contribution is 2.07. The second-order valence-corrected chi connectivity index (χ2v) is 6.46. The van der Waals surface area contributed by atoms with Gasteiger partial charge in [0.2, 0.25) is 0 Å². The first-order chi connectivity index (χ1) is 13.6. The quantitative estimate of drug-likeness (QED) is 0.272. The van der Waals surface area contributed by atoms with Gasteiger partial charge in [0.1, 0.15) is 5.82 Å². The largest absolute Gasteiger partial charge is 0.357 e. The third-order valence-corrected chi connectivity index (χ3v) is 4.08. The van der Waals surface area contributed by atoms with Crippen molar-refractivity contribution in [1.82, 2.24) is 16.0 Å². The molecule has 2 aromatic carbocycles. The lowest BCUT2D eigenvalue weighted by molar-refractivity contribution is 0.0953. The van der Waals surface area contributed by atoms with Crippen LogP contribution in [0.25, 0.3) is 0 Å². The van der Waals surface area contributed by atoms with Crippen molar-refractivity contribution in [3.05, 3.63) is 71.0 Å². The van der Waals surface area contributed by atoms with Gasteiger partial charge >= 0.3 is 0 Å². The predicted octanol–water partition coefficient (Wildman–Crippen LogP) is 3.88. The molecule has 7 heteroatoms. The summed E-state index contributed by atoms with van der Waals surface area (Å²) in [5, 5.41) is 9.34. The molecule has 0 fully saturated rings. The molecule has 2 rings (SSSR count). The summed E-state index contributed by atoms with van der Waals surface area (Å²) in [5.41, 5.74) is 2.55. The summed E-state index contributed by atoms with van der Waals surface area (Å²) in [6.45, 7) is 6.54. The van der Waals surface area contributed by atoms with E-state index in [0.717, 1.165) is 24.1 Å². The van der Waals surface area contributed by atoms with Gasteiger partial charge in [-0.25, -0.2) is 9.38 Å². The Morgan fingerprint density at radius 1 is 0.966 bits per heavy atom. The molecule has 0 heterocycles. The summed E-state index contributed by atoms with van der Waals surface area (Å²) < 4.78 is 13.3. The molecule has 3 N–H and O–H groups in total. The Labute approximate surface area is 189 Å². The van der Waals surface area contributed by atoms with Crippen molar-refractivity contribution < 1.29 is 9.18 Å². The van der Waals surface area contributed by atoms with E-state index in [9.17, 15) is 9.18 Å². The van der Waals surface area contributed by atoms with Gasteiger partial charge < -0.3 is 16.0 Å². The Kier molecular flexibility index (Phi) is 11.9. The molecule has 0 aliphatic carbocycles. The second kappa shape index (κ2) is 13.9. The monoisotopic (exact) mass is 512 g/mol. The number of aliphatic imine (C=N–C) groups is 1. The summed E-state index contributed by atoms with van der Waals surface area (Å²) in [6.07, 6.45) is 1.61. The first-order valence-corrected chi connectivity index (χ1v) is 9.76. The Bertz CT molecular complexity index is 798. The lowest BCUT2D eigenvalue weighted by Gasteiger charge is -2.11. The third kappa shape index (κ3) is 9.25. The summed E-state index contributed by atoms with van der Waals surface area (Å²) in [6, 6.07) is 14.1. The molecule has 0 aliphatic rings. The van der Waals surface area contributed by atoms with Gasteiger partial charge in [0.05, 0.1) is 6.54 Å². The fourth-order valence-corrected chi connectivity index (χ4v) is 2.68. The van der Waals surface area contributed by atoms with Crippen molar-refractivity contribution in [3.8, 4) is 0 Å². The SMILES string of the molecule is CCCNC(=O)c1cccc(CN=C(NCC)NCCc2cccc(F)c2)c1.I. The van der Waals surface area contributed by atoms with Crippen LogP contribution < -0.4 is 16.0 Å². The number of halogens is 2. The number of benzene rings is 2. The highest BCUT2D eigenvalue weighted by molar-refractivity contribution is 14.0. The van der Waals surface area contributed by atoms with Gasteiger partial charge in [0, 0.05) is 25.2 Å². The van der Waals surface area contributed by atoms with Crippen LogP contribution in [-0.2, 0) is 13.0 Å². The van der Waals surface area contributed by atoms with Gasteiger partial charge in [-0.1, -0.05) is 31.2 Å². The molecular weight excluding hydrogens is 482 g/mol. The zero-order chi connectivity index (χ0) is 20.2. The summed E-state index contributed by atoms with van der Waals surface area (Å²) in [5.74, 6) is 0.411. The smallest absolute Gasteiger partial charge is 0.251 e. The molecule has 0 saturated heterocycles. The Hall–Kier alpha value is -2.16. The van der Waals surface area contributed by atoms with Gasteiger partial charge in [0.25, 0.3) is 5.91 Å². The zero-order valence-electron chi connectivity index (χ0n) is 17.0. The highest BCUT2D eigenvalue weighted by Gasteiger charge is 2.05. The maximum atomic E-state index is 13.3. The van der Waals surface area contributed by atoms with E-state index < -0.39 is 0 Å². The van der Waals surface area contributed by atoms with Crippen molar-refractivity contribution in [2.24, 2.45) is 4.99 Å². The van der Waals surface area contributed by atoms with Gasteiger partial charge in [0.15, 0.2) is 5.96 Å². The molecule has 0 bridgehead atoms. The van der Waals surface area contributed by atoms with Crippen LogP contribution in [0.15, 0.2) is 53.5 Å². The molecule has 0 atom stereocenters. The minimum atomic E-state index is -0.221. The minimum absolute atomic E-state index is 0. The summed E-state index contributed by atoms with van der Waals surface area (Å²) in [7, 11) is 0. The van der Waals surface area contributed by atoms with Gasteiger partial charge in [-0.3, -0.25) is 4.79 Å². The molecule has 29 heavy (non-hydrogen) atoms. The van der Waals surface area contributed by atoms with E-state index in [-0.39, 0.29) is 35.7 Å². The average molecular weight is 512 g/mol. The highest BCUT2D eigenvalue weighted by atomic mass is 127. The number of amides is 1. The Morgan fingerprint density at radius 2 is 1.72 bits per heavy atom. The average Bonchev–Trinajstić information content (AvgIpc) is 2.70. The Balaban J connectivity index is 0.00000420. The molecule has 0 spiro atoms. The van der Waals surface area contributed by atoms with Gasteiger partial charge in [-0.15, -0.1) is 24.0 Å². The van der Waals surface area contributed by atoms with E-state index >= 15 is 0 Å². The van der Waals surface area contributed by atoms with E-state index in [1.165, 1.54) is 6.07 Å².